The maximum atomic E-state index is 13.5. The molecule has 1 atom stereocenters. The number of benzene rings is 3. The molecule has 1 amide bonds. The van der Waals surface area contributed by atoms with Gasteiger partial charge in [0.25, 0.3) is 5.91 Å². The first kappa shape index (κ1) is 21.4. The zero-order chi connectivity index (χ0) is 23.1. The van der Waals surface area contributed by atoms with Gasteiger partial charge >= 0.3 is 0 Å². The lowest BCUT2D eigenvalue weighted by Crippen LogP contribution is -2.29. The van der Waals surface area contributed by atoms with Crippen LogP contribution >= 0.6 is 11.6 Å². The minimum absolute atomic E-state index is 0.125. The van der Waals surface area contributed by atoms with Gasteiger partial charge < -0.3 is 4.90 Å². The second-order valence-electron chi connectivity index (χ2n) is 8.65. The van der Waals surface area contributed by atoms with Crippen molar-refractivity contribution in [2.75, 3.05) is 0 Å². The maximum Gasteiger partial charge on any atom is 0.273 e. The summed E-state index contributed by atoms with van der Waals surface area (Å²) in [7, 11) is 0. The Balaban J connectivity index is 1.62. The van der Waals surface area contributed by atoms with Crippen molar-refractivity contribution in [2.45, 2.75) is 32.4 Å². The zero-order valence-electron chi connectivity index (χ0n) is 18.3. The van der Waals surface area contributed by atoms with Gasteiger partial charge in [0.05, 0.1) is 11.7 Å². The quantitative estimate of drug-likeness (QED) is 0.359. The first-order valence-corrected chi connectivity index (χ1v) is 11.3. The number of carbonyl (C=O) groups excluding carboxylic acids is 1. The Morgan fingerprint density at radius 1 is 1.00 bits per heavy atom. The number of carbonyl (C=O) groups is 1. The molecule has 1 N–H and O–H groups in total. The Kier molecular flexibility index (Phi) is 5.51. The van der Waals surface area contributed by atoms with E-state index in [1.165, 1.54) is 17.7 Å². The molecule has 6 heteroatoms. The monoisotopic (exact) mass is 459 g/mol. The van der Waals surface area contributed by atoms with Gasteiger partial charge in [-0.1, -0.05) is 74.0 Å². The number of hydrogen-bond acceptors (Lipinski definition) is 2. The van der Waals surface area contributed by atoms with E-state index in [1.54, 1.807) is 12.1 Å². The van der Waals surface area contributed by atoms with Gasteiger partial charge in [0.15, 0.2) is 0 Å². The predicted octanol–water partition coefficient (Wildman–Crippen LogP) is 6.74. The summed E-state index contributed by atoms with van der Waals surface area (Å²) in [6, 6.07) is 21.8. The Labute approximate surface area is 197 Å². The van der Waals surface area contributed by atoms with Crippen molar-refractivity contribution >= 4 is 17.5 Å². The molecule has 0 radical (unpaired) electrons. The molecule has 0 spiro atoms. The Morgan fingerprint density at radius 2 is 1.67 bits per heavy atom. The number of hydrogen-bond donors (Lipinski definition) is 1. The van der Waals surface area contributed by atoms with Crippen LogP contribution in [0.15, 0.2) is 72.8 Å². The maximum absolute atomic E-state index is 13.5. The summed E-state index contributed by atoms with van der Waals surface area (Å²) in [4.78, 5) is 15.3. The second kappa shape index (κ2) is 8.49. The van der Waals surface area contributed by atoms with Crippen LogP contribution in [0, 0.1) is 5.82 Å². The summed E-state index contributed by atoms with van der Waals surface area (Å²) in [5.41, 5.74) is 6.05. The molecule has 0 aliphatic carbocycles. The highest BCUT2D eigenvalue weighted by molar-refractivity contribution is 6.30. The molecule has 0 saturated heterocycles. The SMILES string of the molecule is CC(C)c1ccc(C2c3c(-c4ccc(Cl)cc4)n[nH]c3C(=O)N2Cc2ccc(F)cc2)cc1. The molecular weight excluding hydrogens is 437 g/mol. The Morgan fingerprint density at radius 3 is 2.30 bits per heavy atom. The lowest BCUT2D eigenvalue weighted by molar-refractivity contribution is 0.0730. The fourth-order valence-corrected chi connectivity index (χ4v) is 4.51. The van der Waals surface area contributed by atoms with Crippen molar-refractivity contribution < 1.29 is 9.18 Å². The van der Waals surface area contributed by atoms with Crippen LogP contribution in [0.1, 0.15) is 58.5 Å². The van der Waals surface area contributed by atoms with Crippen molar-refractivity contribution in [1.29, 1.82) is 0 Å². The first-order valence-electron chi connectivity index (χ1n) is 10.9. The third-order valence-electron chi connectivity index (χ3n) is 6.17. The highest BCUT2D eigenvalue weighted by Crippen LogP contribution is 2.43. The van der Waals surface area contributed by atoms with Gasteiger partial charge in [0, 0.05) is 22.7 Å². The van der Waals surface area contributed by atoms with Crippen LogP contribution < -0.4 is 0 Å². The number of amides is 1. The van der Waals surface area contributed by atoms with Gasteiger partial charge in [-0.25, -0.2) is 4.39 Å². The smallest absolute Gasteiger partial charge is 0.273 e. The molecule has 4 aromatic rings. The molecule has 5 rings (SSSR count). The molecule has 0 saturated carbocycles. The molecule has 3 aromatic carbocycles. The van der Waals surface area contributed by atoms with Crippen molar-refractivity contribution in [3.05, 3.63) is 112 Å². The van der Waals surface area contributed by atoms with Crippen LogP contribution in [0.5, 0.6) is 0 Å². The molecule has 1 aliphatic heterocycles. The topological polar surface area (TPSA) is 49.0 Å². The number of fused-ring (bicyclic) bond motifs is 1. The summed E-state index contributed by atoms with van der Waals surface area (Å²) in [6.07, 6.45) is 0. The molecule has 0 fully saturated rings. The van der Waals surface area contributed by atoms with Gasteiger partial charge in [-0.15, -0.1) is 0 Å². The standard InChI is InChI=1S/C27H23ClFN3O/c1-16(2)18-5-7-20(8-6-18)26-23-24(19-9-11-21(28)12-10-19)30-31-25(23)27(33)32(26)15-17-3-13-22(29)14-4-17/h3-14,16,26H,15H2,1-2H3,(H,30,31). The normalized spacial score (nSPS) is 15.4. The van der Waals surface area contributed by atoms with Crippen LogP contribution in [0.25, 0.3) is 11.3 Å². The first-order chi connectivity index (χ1) is 15.9. The Hall–Kier alpha value is -3.44. The van der Waals surface area contributed by atoms with E-state index in [0.29, 0.717) is 23.2 Å². The van der Waals surface area contributed by atoms with Crippen LogP contribution in [-0.4, -0.2) is 21.0 Å². The van der Waals surface area contributed by atoms with Crippen molar-refractivity contribution in [3.63, 3.8) is 0 Å². The van der Waals surface area contributed by atoms with Crippen molar-refractivity contribution in [1.82, 2.24) is 15.1 Å². The molecule has 166 valence electrons. The third-order valence-corrected chi connectivity index (χ3v) is 6.42. The van der Waals surface area contributed by atoms with Crippen molar-refractivity contribution in [2.24, 2.45) is 0 Å². The third kappa shape index (κ3) is 3.93. The minimum atomic E-state index is -0.316. The number of halogens is 2. The average Bonchev–Trinajstić information content (AvgIpc) is 3.35. The molecule has 1 unspecified atom stereocenters. The number of aromatic nitrogens is 2. The largest absolute Gasteiger partial charge is 0.322 e. The fraction of sp³-hybridized carbons (Fsp3) is 0.185. The second-order valence-corrected chi connectivity index (χ2v) is 9.09. The van der Waals surface area contributed by atoms with Crippen LogP contribution in [0.2, 0.25) is 5.02 Å². The summed E-state index contributed by atoms with van der Waals surface area (Å²) < 4.78 is 13.5. The average molecular weight is 460 g/mol. The predicted molar refractivity (Wildman–Crippen MR) is 128 cm³/mol. The summed E-state index contributed by atoms with van der Waals surface area (Å²) >= 11 is 6.09. The van der Waals surface area contributed by atoms with Crippen LogP contribution in [-0.2, 0) is 6.54 Å². The lowest BCUT2D eigenvalue weighted by atomic mass is 9.93. The highest BCUT2D eigenvalue weighted by atomic mass is 35.5. The van der Waals surface area contributed by atoms with Crippen LogP contribution in [0.3, 0.4) is 0 Å². The molecule has 1 aliphatic rings. The lowest BCUT2D eigenvalue weighted by Gasteiger charge is -2.27. The van der Waals surface area contributed by atoms with Gasteiger partial charge in [-0.05, 0) is 46.9 Å². The van der Waals surface area contributed by atoms with E-state index in [1.807, 2.05) is 29.2 Å². The molecule has 0 bridgehead atoms. The Bertz CT molecular complexity index is 1290. The number of rotatable bonds is 5. The molecule has 2 heterocycles. The van der Waals surface area contributed by atoms with Gasteiger partial charge in [-0.2, -0.15) is 5.10 Å². The highest BCUT2D eigenvalue weighted by Gasteiger charge is 2.42. The van der Waals surface area contributed by atoms with E-state index in [-0.39, 0.29) is 17.8 Å². The molecular formula is C27H23ClFN3O. The number of H-pyrrole nitrogens is 1. The van der Waals surface area contributed by atoms with E-state index in [9.17, 15) is 9.18 Å². The van der Waals surface area contributed by atoms with E-state index in [2.05, 4.69) is 48.3 Å². The van der Waals surface area contributed by atoms with Gasteiger partial charge in [0.2, 0.25) is 0 Å². The minimum Gasteiger partial charge on any atom is -0.322 e. The van der Waals surface area contributed by atoms with Gasteiger partial charge in [-0.3, -0.25) is 9.89 Å². The van der Waals surface area contributed by atoms with Gasteiger partial charge in [0.1, 0.15) is 11.5 Å². The zero-order valence-corrected chi connectivity index (χ0v) is 19.1. The molecule has 4 nitrogen and oxygen atoms in total. The molecule has 1 aromatic heterocycles. The van der Waals surface area contributed by atoms with Crippen molar-refractivity contribution in [3.8, 4) is 11.3 Å². The molecule has 33 heavy (non-hydrogen) atoms. The van der Waals surface area contributed by atoms with E-state index in [4.69, 9.17) is 11.6 Å². The number of aromatic amines is 1. The van der Waals surface area contributed by atoms with E-state index >= 15 is 0 Å². The number of nitrogens with zero attached hydrogens (tertiary/aromatic N) is 2. The van der Waals surface area contributed by atoms with Crippen LogP contribution in [0.4, 0.5) is 4.39 Å². The van der Waals surface area contributed by atoms with E-state index < -0.39 is 0 Å². The summed E-state index contributed by atoms with van der Waals surface area (Å²) in [6.45, 7) is 4.67. The summed E-state index contributed by atoms with van der Waals surface area (Å²) in [5.74, 6) is -0.0135. The summed E-state index contributed by atoms with van der Waals surface area (Å²) in [5, 5.41) is 8.11. The fourth-order valence-electron chi connectivity index (χ4n) is 4.38. The van der Waals surface area contributed by atoms with E-state index in [0.717, 1.165) is 27.9 Å². The number of nitrogens with one attached hydrogen (secondary N) is 1.